The third-order valence-electron chi connectivity index (χ3n) is 4.87. The lowest BCUT2D eigenvalue weighted by atomic mass is 10.0. The fraction of sp³-hybridized carbons (Fsp3) is 0.400. The molecule has 6 nitrogen and oxygen atoms in total. The van der Waals surface area contributed by atoms with E-state index in [4.69, 9.17) is 42.1 Å². The number of aliphatic hydroxyl groups is 2. The molecule has 2 fully saturated rings. The molecular formula is C20H20Cl2O6. The van der Waals surface area contributed by atoms with Crippen LogP contribution in [-0.4, -0.2) is 47.8 Å². The molecule has 150 valence electrons. The van der Waals surface area contributed by atoms with Gasteiger partial charge >= 0.3 is 0 Å². The predicted octanol–water partition coefficient (Wildman–Crippen LogP) is 3.24. The van der Waals surface area contributed by atoms with E-state index in [1.807, 2.05) is 18.2 Å². The number of hydrogen-bond acceptors (Lipinski definition) is 6. The molecule has 0 bridgehead atoms. The number of ether oxygens (including phenoxy) is 4. The highest BCUT2D eigenvalue weighted by Crippen LogP contribution is 2.39. The summed E-state index contributed by atoms with van der Waals surface area (Å²) >= 11 is 12.5. The molecule has 2 aromatic carbocycles. The molecule has 0 radical (unpaired) electrons. The quantitative estimate of drug-likeness (QED) is 0.784. The van der Waals surface area contributed by atoms with E-state index >= 15 is 0 Å². The van der Waals surface area contributed by atoms with E-state index in [1.165, 1.54) is 0 Å². The van der Waals surface area contributed by atoms with Gasteiger partial charge in [0.2, 0.25) is 0 Å². The molecule has 28 heavy (non-hydrogen) atoms. The summed E-state index contributed by atoms with van der Waals surface area (Å²) in [6, 6.07) is 14.3. The van der Waals surface area contributed by atoms with E-state index in [1.54, 1.807) is 30.3 Å². The normalized spacial score (nSPS) is 33.1. The van der Waals surface area contributed by atoms with Crippen LogP contribution in [0, 0.1) is 0 Å². The maximum atomic E-state index is 10.8. The SMILES string of the molecule is OC[C@H]1OC(c2ccccc2Cl)O[C@H]2COC(c3ccccc3Cl)O[C@H]2[C@@H]1O. The minimum atomic E-state index is -1.13. The van der Waals surface area contributed by atoms with Crippen molar-refractivity contribution < 1.29 is 29.2 Å². The zero-order valence-electron chi connectivity index (χ0n) is 14.8. The lowest BCUT2D eigenvalue weighted by Crippen LogP contribution is -2.51. The van der Waals surface area contributed by atoms with Gasteiger partial charge in [-0.3, -0.25) is 0 Å². The summed E-state index contributed by atoms with van der Waals surface area (Å²) in [6.07, 6.45) is -5.08. The number of rotatable bonds is 3. The van der Waals surface area contributed by atoms with Crippen molar-refractivity contribution in [3.8, 4) is 0 Å². The van der Waals surface area contributed by atoms with Crippen molar-refractivity contribution in [1.29, 1.82) is 0 Å². The summed E-state index contributed by atoms with van der Waals surface area (Å²) in [7, 11) is 0. The average Bonchev–Trinajstić information content (AvgIpc) is 2.85. The van der Waals surface area contributed by atoms with Gasteiger partial charge in [0.25, 0.3) is 0 Å². The van der Waals surface area contributed by atoms with Crippen LogP contribution in [0.15, 0.2) is 48.5 Å². The molecule has 2 unspecified atom stereocenters. The van der Waals surface area contributed by atoms with E-state index in [9.17, 15) is 10.2 Å². The van der Waals surface area contributed by atoms with E-state index in [-0.39, 0.29) is 6.61 Å². The first-order valence-electron chi connectivity index (χ1n) is 8.94. The Labute approximate surface area is 172 Å². The van der Waals surface area contributed by atoms with Crippen molar-refractivity contribution in [3.63, 3.8) is 0 Å². The highest BCUT2D eigenvalue weighted by molar-refractivity contribution is 6.31. The maximum absolute atomic E-state index is 10.8. The maximum Gasteiger partial charge on any atom is 0.186 e. The predicted molar refractivity (Wildman–Crippen MR) is 102 cm³/mol. The van der Waals surface area contributed by atoms with Gasteiger partial charge in [-0.05, 0) is 12.1 Å². The Morgan fingerprint density at radius 1 is 0.857 bits per heavy atom. The molecule has 0 aliphatic carbocycles. The van der Waals surface area contributed by atoms with E-state index in [0.717, 1.165) is 0 Å². The van der Waals surface area contributed by atoms with Crippen LogP contribution in [0.2, 0.25) is 10.0 Å². The van der Waals surface area contributed by atoms with Gasteiger partial charge in [-0.2, -0.15) is 0 Å². The van der Waals surface area contributed by atoms with Crippen LogP contribution >= 0.6 is 23.2 Å². The van der Waals surface area contributed by atoms with Crippen LogP contribution in [0.3, 0.4) is 0 Å². The van der Waals surface area contributed by atoms with Gasteiger partial charge in [0.15, 0.2) is 12.6 Å². The van der Waals surface area contributed by atoms with Crippen molar-refractivity contribution in [2.75, 3.05) is 13.2 Å². The van der Waals surface area contributed by atoms with Crippen LogP contribution in [0.5, 0.6) is 0 Å². The van der Waals surface area contributed by atoms with E-state index in [0.29, 0.717) is 21.2 Å². The number of benzene rings is 2. The summed E-state index contributed by atoms with van der Waals surface area (Å²) in [5, 5.41) is 21.5. The number of halogens is 2. The molecule has 2 heterocycles. The number of fused-ring (bicyclic) bond motifs is 1. The van der Waals surface area contributed by atoms with Crippen LogP contribution in [0.25, 0.3) is 0 Å². The van der Waals surface area contributed by atoms with Gasteiger partial charge in [-0.15, -0.1) is 0 Å². The first-order valence-corrected chi connectivity index (χ1v) is 9.70. The van der Waals surface area contributed by atoms with Gasteiger partial charge in [0, 0.05) is 21.2 Å². The molecule has 6 atom stereocenters. The zero-order valence-corrected chi connectivity index (χ0v) is 16.3. The molecule has 2 aromatic rings. The fourth-order valence-corrected chi connectivity index (χ4v) is 3.85. The van der Waals surface area contributed by atoms with Crippen LogP contribution in [0.4, 0.5) is 0 Å². The third-order valence-corrected chi connectivity index (χ3v) is 5.56. The van der Waals surface area contributed by atoms with Gasteiger partial charge in [0.1, 0.15) is 24.4 Å². The standard InChI is InChI=1S/C20H20Cl2O6/c21-13-7-3-1-5-11(13)19-25-10-16-18(28-19)17(24)15(9-23)26-20(27-16)12-6-2-4-8-14(12)22/h1-8,15-20,23-24H,9-10H2/t15-,16+,17-,18-,19?,20?/m1/s1. The molecule has 4 rings (SSSR count). The Morgan fingerprint density at radius 3 is 2.07 bits per heavy atom. The van der Waals surface area contributed by atoms with E-state index < -0.39 is 43.6 Å². The smallest absolute Gasteiger partial charge is 0.186 e. The Morgan fingerprint density at radius 2 is 1.46 bits per heavy atom. The first kappa shape index (κ1) is 20.1. The second kappa shape index (κ2) is 8.65. The Bertz CT molecular complexity index is 819. The second-order valence-corrected chi connectivity index (χ2v) is 7.48. The summed E-state index contributed by atoms with van der Waals surface area (Å²) in [4.78, 5) is 0. The Hall–Kier alpha value is -1.22. The minimum Gasteiger partial charge on any atom is -0.394 e. The van der Waals surface area contributed by atoms with Crippen molar-refractivity contribution in [3.05, 3.63) is 69.7 Å². The van der Waals surface area contributed by atoms with Crippen molar-refractivity contribution in [2.45, 2.75) is 37.0 Å². The molecule has 0 saturated carbocycles. The first-order chi connectivity index (χ1) is 13.6. The fourth-order valence-electron chi connectivity index (χ4n) is 3.40. The molecule has 2 N–H and O–H groups in total. The molecule has 2 aliphatic rings. The summed E-state index contributed by atoms with van der Waals surface area (Å²) in [6.45, 7) is -0.254. The van der Waals surface area contributed by atoms with E-state index in [2.05, 4.69) is 0 Å². The molecule has 2 aliphatic heterocycles. The Kier molecular flexibility index (Phi) is 6.20. The lowest BCUT2D eigenvalue weighted by Gasteiger charge is -2.38. The third kappa shape index (κ3) is 3.92. The molecule has 8 heteroatoms. The monoisotopic (exact) mass is 426 g/mol. The Balaban J connectivity index is 1.60. The average molecular weight is 427 g/mol. The number of aliphatic hydroxyl groups excluding tert-OH is 2. The molecule has 0 aromatic heterocycles. The molecular weight excluding hydrogens is 407 g/mol. The topological polar surface area (TPSA) is 77.4 Å². The summed E-state index contributed by atoms with van der Waals surface area (Å²) in [5.74, 6) is 0. The zero-order chi connectivity index (χ0) is 19.7. The molecule has 0 spiro atoms. The number of hydrogen-bond donors (Lipinski definition) is 2. The minimum absolute atomic E-state index is 0.153. The van der Waals surface area contributed by atoms with Crippen molar-refractivity contribution in [1.82, 2.24) is 0 Å². The summed E-state index contributed by atoms with van der Waals surface area (Å²) in [5.41, 5.74) is 1.26. The summed E-state index contributed by atoms with van der Waals surface area (Å²) < 4.78 is 23.7. The highest BCUT2D eigenvalue weighted by atomic mass is 35.5. The van der Waals surface area contributed by atoms with Gasteiger partial charge in [-0.1, -0.05) is 59.6 Å². The van der Waals surface area contributed by atoms with Crippen LogP contribution in [-0.2, 0) is 18.9 Å². The van der Waals surface area contributed by atoms with Crippen LogP contribution < -0.4 is 0 Å². The highest BCUT2D eigenvalue weighted by Gasteiger charge is 2.46. The van der Waals surface area contributed by atoms with Gasteiger partial charge in [-0.25, -0.2) is 0 Å². The van der Waals surface area contributed by atoms with Crippen molar-refractivity contribution >= 4 is 23.2 Å². The van der Waals surface area contributed by atoms with Gasteiger partial charge < -0.3 is 29.2 Å². The van der Waals surface area contributed by atoms with Crippen molar-refractivity contribution in [2.24, 2.45) is 0 Å². The lowest BCUT2D eigenvalue weighted by molar-refractivity contribution is -0.289. The van der Waals surface area contributed by atoms with Gasteiger partial charge in [0.05, 0.1) is 13.2 Å². The second-order valence-electron chi connectivity index (χ2n) is 6.66. The molecule has 0 amide bonds. The molecule has 2 saturated heterocycles. The largest absolute Gasteiger partial charge is 0.394 e. The van der Waals surface area contributed by atoms with Crippen LogP contribution in [0.1, 0.15) is 23.7 Å².